The predicted octanol–water partition coefficient (Wildman–Crippen LogP) is 3.10. The molecule has 0 spiro atoms. The van der Waals surface area contributed by atoms with Gasteiger partial charge in [-0.25, -0.2) is 9.78 Å². The number of nitrogens with zero attached hydrogens (tertiary/aromatic N) is 5. The minimum absolute atomic E-state index is 0.0685. The van der Waals surface area contributed by atoms with Gasteiger partial charge < -0.3 is 19.6 Å². The van der Waals surface area contributed by atoms with Crippen molar-refractivity contribution in [3.8, 4) is 11.4 Å². The SMILES string of the molecule is Cc1cccc(NC(=O)N2CCN(c3ccc(-c4noc(C)n4)cn3)CC2)c1. The van der Waals surface area contributed by atoms with Crippen LogP contribution in [0.1, 0.15) is 11.5 Å². The highest BCUT2D eigenvalue weighted by Gasteiger charge is 2.22. The molecule has 1 saturated heterocycles. The number of benzene rings is 1. The fraction of sp³-hybridized carbons (Fsp3) is 0.300. The van der Waals surface area contributed by atoms with Gasteiger partial charge >= 0.3 is 6.03 Å². The Morgan fingerprint density at radius 1 is 1.11 bits per heavy atom. The molecule has 2 amide bonds. The summed E-state index contributed by atoms with van der Waals surface area (Å²) >= 11 is 0. The van der Waals surface area contributed by atoms with Crippen LogP contribution in [-0.4, -0.2) is 52.2 Å². The van der Waals surface area contributed by atoms with E-state index in [1.165, 1.54) is 0 Å². The lowest BCUT2D eigenvalue weighted by Crippen LogP contribution is -2.50. The summed E-state index contributed by atoms with van der Waals surface area (Å²) in [7, 11) is 0. The Bertz CT molecular complexity index is 961. The van der Waals surface area contributed by atoms with Crippen LogP contribution in [0.2, 0.25) is 0 Å². The van der Waals surface area contributed by atoms with Crippen LogP contribution in [0, 0.1) is 13.8 Å². The molecule has 0 radical (unpaired) electrons. The Balaban J connectivity index is 1.34. The van der Waals surface area contributed by atoms with Crippen LogP contribution >= 0.6 is 0 Å². The van der Waals surface area contributed by atoms with E-state index in [2.05, 4.69) is 25.3 Å². The molecule has 1 N–H and O–H groups in total. The number of urea groups is 1. The number of amides is 2. The van der Waals surface area contributed by atoms with Crippen LogP contribution in [-0.2, 0) is 0 Å². The van der Waals surface area contributed by atoms with E-state index in [0.717, 1.165) is 35.7 Å². The second kappa shape index (κ2) is 7.67. The molecular formula is C20H22N6O2. The number of hydrogen-bond donors (Lipinski definition) is 1. The molecule has 0 bridgehead atoms. The molecule has 4 rings (SSSR count). The summed E-state index contributed by atoms with van der Waals surface area (Å²) in [5.74, 6) is 1.94. The van der Waals surface area contributed by atoms with Gasteiger partial charge in [-0.05, 0) is 36.8 Å². The minimum atomic E-state index is -0.0685. The molecule has 3 aromatic rings. The highest BCUT2D eigenvalue weighted by atomic mass is 16.5. The topological polar surface area (TPSA) is 87.4 Å². The van der Waals surface area contributed by atoms with Gasteiger partial charge in [0.2, 0.25) is 11.7 Å². The smallest absolute Gasteiger partial charge is 0.321 e. The minimum Gasteiger partial charge on any atom is -0.353 e. The van der Waals surface area contributed by atoms with Crippen LogP contribution in [0.25, 0.3) is 11.4 Å². The zero-order valence-electron chi connectivity index (χ0n) is 15.9. The maximum atomic E-state index is 12.5. The quantitative estimate of drug-likeness (QED) is 0.754. The monoisotopic (exact) mass is 378 g/mol. The van der Waals surface area contributed by atoms with Crippen LogP contribution in [0.4, 0.5) is 16.3 Å². The average Bonchev–Trinajstić information content (AvgIpc) is 3.15. The molecule has 0 atom stereocenters. The molecule has 1 aromatic carbocycles. The zero-order valence-corrected chi connectivity index (χ0v) is 15.9. The maximum absolute atomic E-state index is 12.5. The number of aromatic nitrogens is 3. The molecule has 1 fully saturated rings. The van der Waals surface area contributed by atoms with Crippen molar-refractivity contribution in [3.05, 3.63) is 54.0 Å². The third-order valence-corrected chi connectivity index (χ3v) is 4.69. The lowest BCUT2D eigenvalue weighted by atomic mass is 10.2. The number of carbonyl (C=O) groups excluding carboxylic acids is 1. The first-order chi connectivity index (χ1) is 13.6. The van der Waals surface area contributed by atoms with Crippen molar-refractivity contribution >= 4 is 17.5 Å². The van der Waals surface area contributed by atoms with Crippen LogP contribution in [0.5, 0.6) is 0 Å². The lowest BCUT2D eigenvalue weighted by molar-refractivity contribution is 0.208. The van der Waals surface area contributed by atoms with Crippen molar-refractivity contribution in [2.45, 2.75) is 13.8 Å². The number of piperazine rings is 1. The van der Waals surface area contributed by atoms with Crippen molar-refractivity contribution in [1.82, 2.24) is 20.0 Å². The van der Waals surface area contributed by atoms with E-state index in [1.54, 1.807) is 13.1 Å². The van der Waals surface area contributed by atoms with Gasteiger partial charge in [0.1, 0.15) is 5.82 Å². The van der Waals surface area contributed by atoms with Crippen molar-refractivity contribution < 1.29 is 9.32 Å². The molecule has 0 aliphatic carbocycles. The van der Waals surface area contributed by atoms with Crippen molar-refractivity contribution in [3.63, 3.8) is 0 Å². The van der Waals surface area contributed by atoms with E-state index < -0.39 is 0 Å². The molecule has 1 aliphatic heterocycles. The number of rotatable bonds is 3. The number of nitrogens with one attached hydrogen (secondary N) is 1. The highest BCUT2D eigenvalue weighted by Crippen LogP contribution is 2.20. The Hall–Kier alpha value is -3.42. The van der Waals surface area contributed by atoms with Crippen molar-refractivity contribution in [2.24, 2.45) is 0 Å². The molecule has 1 aliphatic rings. The Morgan fingerprint density at radius 2 is 1.93 bits per heavy atom. The van der Waals surface area contributed by atoms with Crippen LogP contribution in [0.15, 0.2) is 47.1 Å². The van der Waals surface area contributed by atoms with E-state index in [9.17, 15) is 4.79 Å². The number of carbonyl (C=O) groups is 1. The van der Waals surface area contributed by atoms with E-state index in [-0.39, 0.29) is 6.03 Å². The maximum Gasteiger partial charge on any atom is 0.321 e. The Morgan fingerprint density at radius 3 is 2.57 bits per heavy atom. The summed E-state index contributed by atoms with van der Waals surface area (Å²) in [4.78, 5) is 25.2. The average molecular weight is 378 g/mol. The summed E-state index contributed by atoms with van der Waals surface area (Å²) in [6, 6.07) is 11.6. The molecule has 28 heavy (non-hydrogen) atoms. The zero-order chi connectivity index (χ0) is 19.5. The summed E-state index contributed by atoms with van der Waals surface area (Å²) in [6.45, 7) is 6.51. The van der Waals surface area contributed by atoms with Gasteiger partial charge in [0.25, 0.3) is 0 Å². The largest absolute Gasteiger partial charge is 0.353 e. The summed E-state index contributed by atoms with van der Waals surface area (Å²) < 4.78 is 5.01. The first-order valence-electron chi connectivity index (χ1n) is 9.23. The third kappa shape index (κ3) is 3.95. The molecule has 3 heterocycles. The van der Waals surface area contributed by atoms with Gasteiger partial charge in [-0.3, -0.25) is 0 Å². The summed E-state index contributed by atoms with van der Waals surface area (Å²) in [5.41, 5.74) is 2.76. The van der Waals surface area contributed by atoms with E-state index in [1.807, 2.05) is 48.2 Å². The van der Waals surface area contributed by atoms with Crippen molar-refractivity contribution in [2.75, 3.05) is 36.4 Å². The van der Waals surface area contributed by atoms with Gasteiger partial charge in [-0.2, -0.15) is 4.98 Å². The van der Waals surface area contributed by atoms with Gasteiger partial charge in [-0.1, -0.05) is 17.3 Å². The number of hydrogen-bond acceptors (Lipinski definition) is 6. The fourth-order valence-corrected chi connectivity index (χ4v) is 3.19. The van der Waals surface area contributed by atoms with E-state index >= 15 is 0 Å². The first kappa shape index (κ1) is 18.0. The standard InChI is InChI=1S/C20H22N6O2/c1-14-4-3-5-17(12-14)23-20(27)26-10-8-25(9-11-26)18-7-6-16(13-21-18)19-22-15(2)28-24-19/h3-7,12-13H,8-11H2,1-2H3,(H,23,27). The molecule has 0 unspecified atom stereocenters. The molecule has 0 saturated carbocycles. The van der Waals surface area contributed by atoms with E-state index in [4.69, 9.17) is 4.52 Å². The first-order valence-corrected chi connectivity index (χ1v) is 9.23. The molecule has 144 valence electrons. The van der Waals surface area contributed by atoms with Crippen LogP contribution < -0.4 is 10.2 Å². The van der Waals surface area contributed by atoms with Gasteiger partial charge in [0.05, 0.1) is 0 Å². The number of anilines is 2. The highest BCUT2D eigenvalue weighted by molar-refractivity contribution is 5.89. The third-order valence-electron chi connectivity index (χ3n) is 4.69. The fourth-order valence-electron chi connectivity index (χ4n) is 3.19. The van der Waals surface area contributed by atoms with E-state index in [0.29, 0.717) is 24.8 Å². The second-order valence-corrected chi connectivity index (χ2v) is 6.82. The van der Waals surface area contributed by atoms with Gasteiger partial charge in [-0.15, -0.1) is 0 Å². The molecular weight excluding hydrogens is 356 g/mol. The van der Waals surface area contributed by atoms with Crippen molar-refractivity contribution in [1.29, 1.82) is 0 Å². The molecule has 8 nitrogen and oxygen atoms in total. The normalized spacial score (nSPS) is 14.2. The Labute approximate surface area is 163 Å². The second-order valence-electron chi connectivity index (χ2n) is 6.82. The molecule has 2 aromatic heterocycles. The van der Waals surface area contributed by atoms with Gasteiger partial charge in [0.15, 0.2) is 0 Å². The predicted molar refractivity (Wildman–Crippen MR) is 106 cm³/mol. The Kier molecular flexibility index (Phi) is 4.92. The number of pyridine rings is 1. The summed E-state index contributed by atoms with van der Waals surface area (Å²) in [6.07, 6.45) is 1.75. The number of aryl methyl sites for hydroxylation is 2. The van der Waals surface area contributed by atoms with Gasteiger partial charge in [0, 0.05) is 50.6 Å². The van der Waals surface area contributed by atoms with Crippen LogP contribution in [0.3, 0.4) is 0 Å². The summed E-state index contributed by atoms with van der Waals surface area (Å²) in [5, 5.41) is 6.87. The lowest BCUT2D eigenvalue weighted by Gasteiger charge is -2.35. The molecule has 8 heteroatoms.